The number of ether oxygens (including phenoxy) is 2. The number of carbonyl (C=O) groups excluding carboxylic acids is 2. The van der Waals surface area contributed by atoms with Crippen molar-refractivity contribution < 1.29 is 45.0 Å². The van der Waals surface area contributed by atoms with Gasteiger partial charge in [0.2, 0.25) is 0 Å². The SMILES string of the molecule is O=C(/C=C/C(=O)OCCCS(=O)(=O)O)OCCCS(=O)(=O)O. The lowest BCUT2D eigenvalue weighted by Crippen LogP contribution is -2.11. The third-order valence-electron chi connectivity index (χ3n) is 1.94. The highest BCUT2D eigenvalue weighted by Crippen LogP contribution is 1.93. The molecule has 10 nitrogen and oxygen atoms in total. The first-order valence-corrected chi connectivity index (χ1v) is 9.13. The Labute approximate surface area is 127 Å². The molecular formula is C10H16O10S2. The Bertz CT molecular complexity index is 548. The molecule has 0 amide bonds. The van der Waals surface area contributed by atoms with Gasteiger partial charge in [-0.3, -0.25) is 9.11 Å². The van der Waals surface area contributed by atoms with Crippen LogP contribution in [0.5, 0.6) is 0 Å². The van der Waals surface area contributed by atoms with E-state index in [-0.39, 0.29) is 26.1 Å². The molecular weight excluding hydrogens is 344 g/mol. The lowest BCUT2D eigenvalue weighted by Gasteiger charge is -2.01. The Kier molecular flexibility index (Phi) is 8.86. The smallest absolute Gasteiger partial charge is 0.331 e. The fraction of sp³-hybridized carbons (Fsp3) is 0.600. The minimum atomic E-state index is -4.12. The van der Waals surface area contributed by atoms with Crippen molar-refractivity contribution in [2.75, 3.05) is 24.7 Å². The lowest BCUT2D eigenvalue weighted by atomic mass is 10.5. The van der Waals surface area contributed by atoms with Crippen molar-refractivity contribution in [1.82, 2.24) is 0 Å². The van der Waals surface area contributed by atoms with Crippen LogP contribution in [0.15, 0.2) is 12.2 Å². The van der Waals surface area contributed by atoms with Crippen molar-refractivity contribution in [2.24, 2.45) is 0 Å². The molecule has 22 heavy (non-hydrogen) atoms. The maximum Gasteiger partial charge on any atom is 0.331 e. The van der Waals surface area contributed by atoms with Gasteiger partial charge in [0.15, 0.2) is 0 Å². The summed E-state index contributed by atoms with van der Waals surface area (Å²) in [4.78, 5) is 22.2. The topological polar surface area (TPSA) is 161 Å². The van der Waals surface area contributed by atoms with Gasteiger partial charge in [-0.05, 0) is 12.8 Å². The Morgan fingerprint density at radius 1 is 0.773 bits per heavy atom. The van der Waals surface area contributed by atoms with Crippen LogP contribution in [-0.4, -0.2) is 62.6 Å². The Morgan fingerprint density at radius 3 is 1.36 bits per heavy atom. The molecule has 2 N–H and O–H groups in total. The van der Waals surface area contributed by atoms with E-state index >= 15 is 0 Å². The molecule has 0 fully saturated rings. The van der Waals surface area contributed by atoms with Crippen LogP contribution in [0.3, 0.4) is 0 Å². The number of hydrogen-bond acceptors (Lipinski definition) is 8. The maximum atomic E-state index is 11.1. The Balaban J connectivity index is 3.85. The second kappa shape index (κ2) is 9.50. The summed E-state index contributed by atoms with van der Waals surface area (Å²) in [6, 6.07) is 0. The predicted molar refractivity (Wildman–Crippen MR) is 73.1 cm³/mol. The Morgan fingerprint density at radius 2 is 1.09 bits per heavy atom. The quantitative estimate of drug-likeness (QED) is 0.218. The molecule has 0 atom stereocenters. The first-order chi connectivity index (χ1) is 9.99. The van der Waals surface area contributed by atoms with Crippen molar-refractivity contribution in [2.45, 2.75) is 12.8 Å². The van der Waals surface area contributed by atoms with Gasteiger partial charge in [-0.1, -0.05) is 0 Å². The summed E-state index contributed by atoms with van der Waals surface area (Å²) in [5, 5.41) is 0. The van der Waals surface area contributed by atoms with E-state index in [1.165, 1.54) is 0 Å². The van der Waals surface area contributed by atoms with Gasteiger partial charge in [0.1, 0.15) is 0 Å². The number of rotatable bonds is 10. The van der Waals surface area contributed by atoms with Gasteiger partial charge >= 0.3 is 11.9 Å². The molecule has 0 radical (unpaired) electrons. The van der Waals surface area contributed by atoms with Crippen molar-refractivity contribution in [3.05, 3.63) is 12.2 Å². The molecule has 0 bridgehead atoms. The van der Waals surface area contributed by atoms with Crippen molar-refractivity contribution in [3.8, 4) is 0 Å². The highest BCUT2D eigenvalue weighted by atomic mass is 32.2. The lowest BCUT2D eigenvalue weighted by molar-refractivity contribution is -0.140. The van der Waals surface area contributed by atoms with Crippen molar-refractivity contribution in [1.29, 1.82) is 0 Å². The van der Waals surface area contributed by atoms with Crippen LogP contribution in [0.4, 0.5) is 0 Å². The zero-order valence-electron chi connectivity index (χ0n) is 11.4. The molecule has 12 heteroatoms. The fourth-order valence-electron chi connectivity index (χ4n) is 1.06. The molecule has 0 aliphatic rings. The molecule has 0 aromatic carbocycles. The number of hydrogen-bond donors (Lipinski definition) is 2. The minimum Gasteiger partial charge on any atom is -0.462 e. The van der Waals surface area contributed by atoms with Crippen LogP contribution in [-0.2, 0) is 39.3 Å². The third-order valence-corrected chi connectivity index (χ3v) is 3.55. The molecule has 0 rings (SSSR count). The van der Waals surface area contributed by atoms with Gasteiger partial charge in [0.05, 0.1) is 24.7 Å². The number of carbonyl (C=O) groups is 2. The molecule has 0 spiro atoms. The zero-order chi connectivity index (χ0) is 17.2. The molecule has 0 heterocycles. The fourth-order valence-corrected chi connectivity index (χ4v) is 2.03. The molecule has 0 unspecified atom stereocenters. The van der Waals surface area contributed by atoms with Crippen LogP contribution in [0.1, 0.15) is 12.8 Å². The predicted octanol–water partition coefficient (Wildman–Crippen LogP) is -0.815. The van der Waals surface area contributed by atoms with Gasteiger partial charge in [-0.25, -0.2) is 9.59 Å². The second-order valence-electron chi connectivity index (χ2n) is 3.95. The average Bonchev–Trinajstić information content (AvgIpc) is 2.35. The maximum absolute atomic E-state index is 11.1. The largest absolute Gasteiger partial charge is 0.462 e. The van der Waals surface area contributed by atoms with E-state index in [0.29, 0.717) is 0 Å². The van der Waals surface area contributed by atoms with E-state index in [2.05, 4.69) is 9.47 Å². The molecule has 0 aliphatic carbocycles. The standard InChI is InChI=1S/C10H16O10S2/c11-9(19-5-1-7-21(13,14)15)3-4-10(12)20-6-2-8-22(16,17)18/h3-4H,1-2,5-8H2,(H,13,14,15)(H,16,17,18)/b4-3+. The summed E-state index contributed by atoms with van der Waals surface area (Å²) in [6.07, 6.45) is 1.30. The van der Waals surface area contributed by atoms with Crippen LogP contribution < -0.4 is 0 Å². The monoisotopic (exact) mass is 360 g/mol. The zero-order valence-corrected chi connectivity index (χ0v) is 13.0. The van der Waals surface area contributed by atoms with E-state index < -0.39 is 43.7 Å². The summed E-state index contributed by atoms with van der Waals surface area (Å²) in [6.45, 7) is -0.515. The first kappa shape index (κ1) is 20.5. The van der Waals surface area contributed by atoms with Crippen molar-refractivity contribution in [3.63, 3.8) is 0 Å². The summed E-state index contributed by atoms with van der Waals surface area (Å²) in [7, 11) is -8.23. The van der Waals surface area contributed by atoms with E-state index in [1.54, 1.807) is 0 Å². The molecule has 0 saturated carbocycles. The Hall–Kier alpha value is -1.50. The first-order valence-electron chi connectivity index (χ1n) is 5.91. The highest BCUT2D eigenvalue weighted by molar-refractivity contribution is 7.86. The summed E-state index contributed by atoms with van der Waals surface area (Å²) in [5.74, 6) is -2.94. The van der Waals surface area contributed by atoms with Crippen molar-refractivity contribution >= 4 is 32.2 Å². The van der Waals surface area contributed by atoms with E-state index in [9.17, 15) is 26.4 Å². The second-order valence-corrected chi connectivity index (χ2v) is 7.09. The third kappa shape index (κ3) is 14.9. The van der Waals surface area contributed by atoms with Gasteiger partial charge in [0, 0.05) is 12.2 Å². The normalized spacial score (nSPS) is 12.3. The van der Waals surface area contributed by atoms with Gasteiger partial charge in [-0.2, -0.15) is 16.8 Å². The van der Waals surface area contributed by atoms with Crippen LogP contribution in [0.25, 0.3) is 0 Å². The van der Waals surface area contributed by atoms with E-state index in [4.69, 9.17) is 9.11 Å². The summed E-state index contributed by atoms with van der Waals surface area (Å²) < 4.78 is 67.4. The summed E-state index contributed by atoms with van der Waals surface area (Å²) in [5.41, 5.74) is 0. The molecule has 0 aliphatic heterocycles. The highest BCUT2D eigenvalue weighted by Gasteiger charge is 2.07. The van der Waals surface area contributed by atoms with Gasteiger partial charge < -0.3 is 9.47 Å². The average molecular weight is 360 g/mol. The summed E-state index contributed by atoms with van der Waals surface area (Å²) >= 11 is 0. The van der Waals surface area contributed by atoms with Crippen LogP contribution >= 0.6 is 0 Å². The van der Waals surface area contributed by atoms with Crippen LogP contribution in [0, 0.1) is 0 Å². The molecule has 0 saturated heterocycles. The van der Waals surface area contributed by atoms with Gasteiger partial charge in [-0.15, -0.1) is 0 Å². The number of esters is 2. The van der Waals surface area contributed by atoms with Gasteiger partial charge in [0.25, 0.3) is 20.2 Å². The molecule has 0 aromatic rings. The van der Waals surface area contributed by atoms with Crippen LogP contribution in [0.2, 0.25) is 0 Å². The molecule has 0 aromatic heterocycles. The van der Waals surface area contributed by atoms with E-state index in [0.717, 1.165) is 12.2 Å². The minimum absolute atomic E-state index is 0.0987. The van der Waals surface area contributed by atoms with E-state index in [1.807, 2.05) is 0 Å². The molecule has 128 valence electrons.